The number of amides is 2. The Morgan fingerprint density at radius 2 is 1.85 bits per heavy atom. The van der Waals surface area contributed by atoms with E-state index in [0.717, 1.165) is 28.1 Å². The average molecular weight is 482 g/mol. The van der Waals surface area contributed by atoms with Gasteiger partial charge in [-0.2, -0.15) is 0 Å². The second-order valence-electron chi connectivity index (χ2n) is 7.84. The summed E-state index contributed by atoms with van der Waals surface area (Å²) in [6.07, 6.45) is 1.60. The molecule has 0 saturated carbocycles. The van der Waals surface area contributed by atoms with Gasteiger partial charge in [-0.25, -0.2) is 0 Å². The SMILES string of the molecule is CCOc1cc(/C=C2/SC(=O)N(Cc3cccc4ccccc34)C2=O)cc(Cl)c1OC(C)C. The van der Waals surface area contributed by atoms with Crippen LogP contribution in [0.5, 0.6) is 11.5 Å². The Balaban J connectivity index is 1.62. The predicted octanol–water partition coefficient (Wildman–Crippen LogP) is 6.92. The number of benzene rings is 3. The molecule has 0 aromatic heterocycles. The van der Waals surface area contributed by atoms with Crippen LogP contribution in [0.15, 0.2) is 59.5 Å². The zero-order valence-corrected chi connectivity index (χ0v) is 20.2. The van der Waals surface area contributed by atoms with Crippen LogP contribution in [0.25, 0.3) is 16.8 Å². The molecule has 3 aromatic rings. The molecule has 7 heteroatoms. The summed E-state index contributed by atoms with van der Waals surface area (Å²) in [6.45, 7) is 6.35. The van der Waals surface area contributed by atoms with Crippen molar-refractivity contribution in [2.24, 2.45) is 0 Å². The molecule has 3 aromatic carbocycles. The van der Waals surface area contributed by atoms with Gasteiger partial charge in [0.05, 0.1) is 29.2 Å². The highest BCUT2D eigenvalue weighted by Crippen LogP contribution is 2.40. The van der Waals surface area contributed by atoms with Crippen LogP contribution >= 0.6 is 23.4 Å². The van der Waals surface area contributed by atoms with Crippen molar-refractivity contribution < 1.29 is 19.1 Å². The third-order valence-corrected chi connectivity index (χ3v) is 6.25. The number of hydrogen-bond acceptors (Lipinski definition) is 5. The molecule has 0 atom stereocenters. The second-order valence-corrected chi connectivity index (χ2v) is 9.24. The summed E-state index contributed by atoms with van der Waals surface area (Å²) < 4.78 is 11.5. The Morgan fingerprint density at radius 1 is 1.09 bits per heavy atom. The number of thioether (sulfide) groups is 1. The van der Waals surface area contributed by atoms with Crippen LogP contribution in [-0.4, -0.2) is 28.8 Å². The molecule has 0 radical (unpaired) electrons. The number of hydrogen-bond donors (Lipinski definition) is 0. The maximum atomic E-state index is 13.1. The van der Waals surface area contributed by atoms with E-state index in [1.54, 1.807) is 18.2 Å². The molecule has 1 saturated heterocycles. The quantitative estimate of drug-likeness (QED) is 0.343. The predicted molar refractivity (Wildman–Crippen MR) is 134 cm³/mol. The van der Waals surface area contributed by atoms with Crippen molar-refractivity contribution >= 4 is 51.4 Å². The number of fused-ring (bicyclic) bond motifs is 1. The largest absolute Gasteiger partial charge is 0.490 e. The lowest BCUT2D eigenvalue weighted by atomic mass is 10.0. The van der Waals surface area contributed by atoms with E-state index >= 15 is 0 Å². The molecule has 1 aliphatic heterocycles. The van der Waals surface area contributed by atoms with Gasteiger partial charge in [0.1, 0.15) is 0 Å². The van der Waals surface area contributed by atoms with Gasteiger partial charge in [0.25, 0.3) is 11.1 Å². The van der Waals surface area contributed by atoms with Crippen molar-refractivity contribution in [3.05, 3.63) is 75.7 Å². The minimum absolute atomic E-state index is 0.0712. The van der Waals surface area contributed by atoms with E-state index in [2.05, 4.69) is 0 Å². The highest BCUT2D eigenvalue weighted by Gasteiger charge is 2.35. The van der Waals surface area contributed by atoms with Gasteiger partial charge in [-0.3, -0.25) is 14.5 Å². The van der Waals surface area contributed by atoms with E-state index in [0.29, 0.717) is 33.6 Å². The van der Waals surface area contributed by atoms with Crippen molar-refractivity contribution in [2.75, 3.05) is 6.61 Å². The molecule has 5 nitrogen and oxygen atoms in total. The highest BCUT2D eigenvalue weighted by molar-refractivity contribution is 8.18. The van der Waals surface area contributed by atoms with Gasteiger partial charge in [-0.15, -0.1) is 0 Å². The Hall–Kier alpha value is -2.96. The van der Waals surface area contributed by atoms with Gasteiger partial charge in [-0.1, -0.05) is 54.1 Å². The Kier molecular flexibility index (Phi) is 6.96. The van der Waals surface area contributed by atoms with Crippen molar-refractivity contribution in [3.8, 4) is 11.5 Å². The van der Waals surface area contributed by atoms with Gasteiger partial charge in [0, 0.05) is 0 Å². The molecule has 33 heavy (non-hydrogen) atoms. The summed E-state index contributed by atoms with van der Waals surface area (Å²) in [6, 6.07) is 17.3. The van der Waals surface area contributed by atoms with Gasteiger partial charge < -0.3 is 9.47 Å². The summed E-state index contributed by atoms with van der Waals surface area (Å²) in [5, 5.41) is 2.18. The van der Waals surface area contributed by atoms with Gasteiger partial charge >= 0.3 is 0 Å². The summed E-state index contributed by atoms with van der Waals surface area (Å²) in [5.41, 5.74) is 1.59. The van der Waals surface area contributed by atoms with Gasteiger partial charge in [0.2, 0.25) is 0 Å². The normalized spacial score (nSPS) is 15.2. The minimum atomic E-state index is -0.325. The van der Waals surface area contributed by atoms with Crippen LogP contribution in [0, 0.1) is 0 Å². The lowest BCUT2D eigenvalue weighted by Gasteiger charge is -2.16. The number of nitrogens with zero attached hydrogens (tertiary/aromatic N) is 1. The number of carbonyl (C=O) groups is 2. The first kappa shape index (κ1) is 23.2. The highest BCUT2D eigenvalue weighted by atomic mass is 35.5. The zero-order chi connectivity index (χ0) is 23.5. The first-order valence-corrected chi connectivity index (χ1v) is 11.9. The van der Waals surface area contributed by atoms with Crippen molar-refractivity contribution in [3.63, 3.8) is 0 Å². The van der Waals surface area contributed by atoms with E-state index in [4.69, 9.17) is 21.1 Å². The summed E-state index contributed by atoms with van der Waals surface area (Å²) in [5.74, 6) is 0.643. The van der Waals surface area contributed by atoms with Gasteiger partial charge in [0.15, 0.2) is 11.5 Å². The van der Waals surface area contributed by atoms with E-state index in [-0.39, 0.29) is 23.8 Å². The Bertz CT molecular complexity index is 1250. The zero-order valence-electron chi connectivity index (χ0n) is 18.6. The lowest BCUT2D eigenvalue weighted by Crippen LogP contribution is -2.27. The molecule has 1 fully saturated rings. The summed E-state index contributed by atoms with van der Waals surface area (Å²) in [4.78, 5) is 27.4. The molecule has 0 unspecified atom stereocenters. The number of halogens is 1. The summed E-state index contributed by atoms with van der Waals surface area (Å²) in [7, 11) is 0. The number of carbonyl (C=O) groups excluding carboxylic acids is 2. The fourth-order valence-electron chi connectivity index (χ4n) is 3.67. The fourth-order valence-corrected chi connectivity index (χ4v) is 4.77. The second kappa shape index (κ2) is 9.89. The van der Waals surface area contributed by atoms with Crippen LogP contribution < -0.4 is 9.47 Å². The van der Waals surface area contributed by atoms with E-state index in [1.807, 2.05) is 63.2 Å². The average Bonchev–Trinajstić information content (AvgIpc) is 3.03. The topological polar surface area (TPSA) is 55.8 Å². The first-order valence-electron chi connectivity index (χ1n) is 10.7. The minimum Gasteiger partial charge on any atom is -0.490 e. The molecule has 4 rings (SSSR count). The fraction of sp³-hybridized carbons (Fsp3) is 0.231. The van der Waals surface area contributed by atoms with Crippen LogP contribution in [-0.2, 0) is 11.3 Å². The van der Waals surface area contributed by atoms with Crippen LogP contribution in [0.1, 0.15) is 31.9 Å². The monoisotopic (exact) mass is 481 g/mol. The molecule has 0 aliphatic carbocycles. The molecule has 1 aliphatic rings. The maximum absolute atomic E-state index is 13.1. The molecular weight excluding hydrogens is 458 g/mol. The van der Waals surface area contributed by atoms with Crippen molar-refractivity contribution in [1.29, 1.82) is 0 Å². The molecule has 0 spiro atoms. The molecule has 0 N–H and O–H groups in total. The van der Waals surface area contributed by atoms with Crippen molar-refractivity contribution in [1.82, 2.24) is 4.90 Å². The van der Waals surface area contributed by atoms with Crippen LogP contribution in [0.3, 0.4) is 0 Å². The number of rotatable bonds is 7. The van der Waals surface area contributed by atoms with Gasteiger partial charge in [-0.05, 0) is 72.6 Å². The number of ether oxygens (including phenoxy) is 2. The standard InChI is InChI=1S/C26H24ClNO4S/c1-4-31-22-13-17(12-21(27)24(22)32-16(2)3)14-23-25(29)28(26(30)33-23)15-19-10-7-9-18-8-5-6-11-20(18)19/h5-14,16H,4,15H2,1-3H3/b23-14+. The van der Waals surface area contributed by atoms with E-state index < -0.39 is 0 Å². The lowest BCUT2D eigenvalue weighted by molar-refractivity contribution is -0.123. The van der Waals surface area contributed by atoms with E-state index in [9.17, 15) is 9.59 Å². The first-order chi connectivity index (χ1) is 15.9. The van der Waals surface area contributed by atoms with Crippen LogP contribution in [0.2, 0.25) is 5.02 Å². The molecule has 2 amide bonds. The molecular formula is C26H24ClNO4S. The molecule has 0 bridgehead atoms. The third-order valence-electron chi connectivity index (χ3n) is 5.06. The number of imide groups is 1. The van der Waals surface area contributed by atoms with Crippen molar-refractivity contribution in [2.45, 2.75) is 33.4 Å². The van der Waals surface area contributed by atoms with Crippen LogP contribution in [0.4, 0.5) is 4.79 Å². The third kappa shape index (κ3) is 5.02. The maximum Gasteiger partial charge on any atom is 0.293 e. The molecule has 170 valence electrons. The smallest absolute Gasteiger partial charge is 0.293 e. The Morgan fingerprint density at radius 3 is 2.61 bits per heavy atom. The Labute approximate surface area is 202 Å². The van der Waals surface area contributed by atoms with E-state index in [1.165, 1.54) is 4.90 Å². The molecule has 1 heterocycles. The summed E-state index contributed by atoms with van der Waals surface area (Å²) >= 11 is 7.38.